The van der Waals surface area contributed by atoms with Crippen LogP contribution in [-0.4, -0.2) is 0 Å². The number of aryl methyl sites for hydroxylation is 6. The molecule has 0 spiro atoms. The van der Waals surface area contributed by atoms with Gasteiger partial charge < -0.3 is 9.80 Å². The van der Waals surface area contributed by atoms with E-state index in [0.717, 1.165) is 0 Å². The number of hydrogen-bond acceptors (Lipinski definition) is 2. The molecule has 78 heavy (non-hydrogen) atoms. The molecule has 0 aliphatic carbocycles. The fourth-order valence-electron chi connectivity index (χ4n) is 12.3. The molecule has 12 aromatic carbocycles. The van der Waals surface area contributed by atoms with Crippen molar-refractivity contribution in [3.05, 3.63) is 263 Å². The first kappa shape index (κ1) is 50.1. The molecule has 0 aliphatic heterocycles. The van der Waals surface area contributed by atoms with Gasteiger partial charge in [-0.3, -0.25) is 0 Å². The minimum absolute atomic E-state index is 0.238. The Hall–Kier alpha value is -8.72. The number of anilines is 6. The summed E-state index contributed by atoms with van der Waals surface area (Å²) in [5.41, 5.74) is 26.7. The highest BCUT2D eigenvalue weighted by molar-refractivity contribution is 6.29. The second kappa shape index (κ2) is 20.3. The quantitative estimate of drug-likeness (QED) is 0.113. The Kier molecular flexibility index (Phi) is 13.1. The fourth-order valence-corrected chi connectivity index (χ4v) is 12.3. The van der Waals surface area contributed by atoms with Crippen molar-refractivity contribution in [2.75, 3.05) is 9.80 Å². The maximum atomic E-state index is 2.60. The summed E-state index contributed by atoms with van der Waals surface area (Å²) in [6.07, 6.45) is 0. The molecule has 2 heteroatoms. The average Bonchev–Trinajstić information content (AvgIpc) is 3.51. The first-order valence-electron chi connectivity index (χ1n) is 27.9. The zero-order valence-corrected chi connectivity index (χ0v) is 46.8. The van der Waals surface area contributed by atoms with Gasteiger partial charge in [0.2, 0.25) is 0 Å². The van der Waals surface area contributed by atoms with E-state index in [-0.39, 0.29) is 11.8 Å². The summed E-state index contributed by atoms with van der Waals surface area (Å²) >= 11 is 0. The van der Waals surface area contributed by atoms with Gasteiger partial charge in [-0.05, 0) is 200 Å². The van der Waals surface area contributed by atoms with E-state index < -0.39 is 0 Å². The highest BCUT2D eigenvalue weighted by Gasteiger charge is 2.29. The second-order valence-corrected chi connectivity index (χ2v) is 22.4. The maximum absolute atomic E-state index is 2.60. The van der Waals surface area contributed by atoms with Gasteiger partial charge in [-0.25, -0.2) is 0 Å². The van der Waals surface area contributed by atoms with E-state index in [1.54, 1.807) is 0 Å². The Morgan fingerprint density at radius 3 is 0.897 bits per heavy atom. The lowest BCUT2D eigenvalue weighted by atomic mass is 9.83. The standard InChI is InChI=1S/C76H68N2/c1-47(2)67-45-73(77(69-41-57(33-29-51(69)7)55-23-13-11-14-24-55)71-43-59(35-31-53(71)9)61-27-19-17-21-49(61)5)65-40-38-64-68(48(3)4)46-74(66-39-37-63(67)75(65)76(64)66)78(70-42-58(34-30-52(70)8)56-25-15-12-16-26-56)72-44-60(36-32-54(72)10)62-28-20-18-22-50(62)6/h11-48H,1-10H3. The molecular weight excluding hydrogens is 941 g/mol. The summed E-state index contributed by atoms with van der Waals surface area (Å²) in [5.74, 6) is 0.476. The minimum atomic E-state index is 0.238. The van der Waals surface area contributed by atoms with Crippen molar-refractivity contribution in [1.29, 1.82) is 0 Å². The molecule has 12 rings (SSSR count). The molecule has 0 aromatic heterocycles. The van der Waals surface area contributed by atoms with Gasteiger partial charge in [-0.1, -0.05) is 210 Å². The van der Waals surface area contributed by atoms with Crippen LogP contribution in [0.5, 0.6) is 0 Å². The fraction of sp³-hybridized carbons (Fsp3) is 0.158. The van der Waals surface area contributed by atoms with Crippen molar-refractivity contribution in [2.45, 2.75) is 81.1 Å². The first-order valence-corrected chi connectivity index (χ1v) is 27.9. The summed E-state index contributed by atoms with van der Waals surface area (Å²) in [7, 11) is 0. The van der Waals surface area contributed by atoms with Crippen molar-refractivity contribution < 1.29 is 0 Å². The molecule has 382 valence electrons. The van der Waals surface area contributed by atoms with E-state index in [2.05, 4.69) is 297 Å². The highest BCUT2D eigenvalue weighted by atomic mass is 15.2. The van der Waals surface area contributed by atoms with E-state index in [0.29, 0.717) is 0 Å². The molecule has 0 heterocycles. The Bertz CT molecular complexity index is 3940. The summed E-state index contributed by atoms with van der Waals surface area (Å²) in [6.45, 7) is 23.0. The third-order valence-corrected chi connectivity index (χ3v) is 16.6. The molecule has 0 amide bonds. The van der Waals surface area contributed by atoms with Crippen LogP contribution >= 0.6 is 0 Å². The lowest BCUT2D eigenvalue weighted by Gasteiger charge is -2.34. The molecule has 12 aromatic rings. The first-order chi connectivity index (χ1) is 37.8. The minimum Gasteiger partial charge on any atom is -0.309 e. The normalized spacial score (nSPS) is 11.7. The van der Waals surface area contributed by atoms with Gasteiger partial charge in [0.1, 0.15) is 0 Å². The van der Waals surface area contributed by atoms with Crippen LogP contribution in [0.2, 0.25) is 0 Å². The monoisotopic (exact) mass is 1010 g/mol. The third-order valence-electron chi connectivity index (χ3n) is 16.6. The lowest BCUT2D eigenvalue weighted by molar-refractivity contribution is 0.875. The molecule has 0 saturated carbocycles. The van der Waals surface area contributed by atoms with Crippen molar-refractivity contribution in [3.8, 4) is 44.5 Å². The lowest BCUT2D eigenvalue weighted by Crippen LogP contribution is -2.15. The van der Waals surface area contributed by atoms with Gasteiger partial charge >= 0.3 is 0 Å². The van der Waals surface area contributed by atoms with Crippen LogP contribution in [0.4, 0.5) is 34.1 Å². The van der Waals surface area contributed by atoms with Gasteiger partial charge in [-0.2, -0.15) is 0 Å². The van der Waals surface area contributed by atoms with E-state index >= 15 is 0 Å². The molecule has 0 saturated heterocycles. The third kappa shape index (κ3) is 8.80. The van der Waals surface area contributed by atoms with Gasteiger partial charge in [0, 0.05) is 33.5 Å². The zero-order chi connectivity index (χ0) is 53.9. The van der Waals surface area contributed by atoms with Crippen LogP contribution in [0.15, 0.2) is 218 Å². The summed E-state index contributed by atoms with van der Waals surface area (Å²) < 4.78 is 0. The van der Waals surface area contributed by atoms with Crippen LogP contribution in [0, 0.1) is 41.5 Å². The largest absolute Gasteiger partial charge is 0.309 e. The number of benzene rings is 12. The molecule has 0 fully saturated rings. The maximum Gasteiger partial charge on any atom is 0.0543 e. The van der Waals surface area contributed by atoms with Crippen molar-refractivity contribution in [3.63, 3.8) is 0 Å². The molecule has 0 N–H and O–H groups in total. The Morgan fingerprint density at radius 2 is 0.551 bits per heavy atom. The number of hydrogen-bond donors (Lipinski definition) is 0. The summed E-state index contributed by atoms with van der Waals surface area (Å²) in [6, 6.07) is 82.2. The molecule has 0 radical (unpaired) electrons. The molecule has 2 nitrogen and oxygen atoms in total. The predicted molar refractivity (Wildman–Crippen MR) is 338 cm³/mol. The van der Waals surface area contributed by atoms with Crippen LogP contribution in [0.1, 0.15) is 84.0 Å². The number of nitrogens with zero attached hydrogens (tertiary/aromatic N) is 2. The Morgan fingerprint density at radius 1 is 0.244 bits per heavy atom. The van der Waals surface area contributed by atoms with Gasteiger partial charge in [0.15, 0.2) is 0 Å². The van der Waals surface area contributed by atoms with E-state index in [1.807, 2.05) is 0 Å². The highest BCUT2D eigenvalue weighted by Crippen LogP contribution is 2.53. The smallest absolute Gasteiger partial charge is 0.0543 e. The Balaban J connectivity index is 1.20. The van der Waals surface area contributed by atoms with Gasteiger partial charge in [0.25, 0.3) is 0 Å². The summed E-state index contributed by atoms with van der Waals surface area (Å²) in [5, 5.41) is 7.70. The van der Waals surface area contributed by atoms with E-state index in [9.17, 15) is 0 Å². The molecule has 0 unspecified atom stereocenters. The van der Waals surface area contributed by atoms with Crippen molar-refractivity contribution in [2.24, 2.45) is 0 Å². The zero-order valence-electron chi connectivity index (χ0n) is 46.8. The molecular formula is C76H68N2. The molecule has 0 atom stereocenters. The van der Waals surface area contributed by atoms with Crippen molar-refractivity contribution >= 4 is 66.4 Å². The van der Waals surface area contributed by atoms with Crippen molar-refractivity contribution in [1.82, 2.24) is 0 Å². The van der Waals surface area contributed by atoms with E-state index in [1.165, 1.54) is 155 Å². The second-order valence-electron chi connectivity index (χ2n) is 22.4. The SMILES string of the molecule is Cc1ccccc1-c1ccc(C)c(N(c2cc(-c3ccccc3)ccc2C)c2cc(C(C)C)c3ccc4c(N(c5cc(-c6ccccc6)ccc5C)c5cc(-c6ccccc6C)ccc5C)cc(C(C)C)c5ccc2c3c54)c1. The topological polar surface area (TPSA) is 6.48 Å². The van der Waals surface area contributed by atoms with Gasteiger partial charge in [0.05, 0.1) is 11.4 Å². The Labute approximate surface area is 462 Å². The van der Waals surface area contributed by atoms with Gasteiger partial charge in [-0.15, -0.1) is 0 Å². The van der Waals surface area contributed by atoms with Crippen LogP contribution in [0.3, 0.4) is 0 Å². The summed E-state index contributed by atoms with van der Waals surface area (Å²) in [4.78, 5) is 5.21. The van der Waals surface area contributed by atoms with E-state index in [4.69, 9.17) is 0 Å². The average molecular weight is 1010 g/mol. The molecule has 0 bridgehead atoms. The predicted octanol–water partition coefficient (Wildman–Crippen LogP) is 22.3. The van der Waals surface area contributed by atoms with Crippen LogP contribution in [0.25, 0.3) is 76.8 Å². The van der Waals surface area contributed by atoms with Crippen LogP contribution < -0.4 is 9.80 Å². The number of rotatable bonds is 12. The molecule has 0 aliphatic rings. The van der Waals surface area contributed by atoms with Crippen LogP contribution in [-0.2, 0) is 0 Å².